The van der Waals surface area contributed by atoms with E-state index in [0.717, 1.165) is 54.3 Å². The molecule has 46 heavy (non-hydrogen) atoms. The predicted molar refractivity (Wildman–Crippen MR) is 173 cm³/mol. The minimum Gasteiger partial charge on any atom is -0.473 e. The molecule has 7 rings (SSSR count). The van der Waals surface area contributed by atoms with Gasteiger partial charge in [0.25, 0.3) is 0 Å². The number of halogens is 2. The molecule has 1 aliphatic heterocycles. The minimum absolute atomic E-state index is 0.0777. The second kappa shape index (κ2) is 12.7. The van der Waals surface area contributed by atoms with Gasteiger partial charge in [-0.15, -0.1) is 0 Å². The molecular formula is C35H34ClFN6O3. The molecule has 0 amide bonds. The summed E-state index contributed by atoms with van der Waals surface area (Å²) in [4.78, 5) is 28.9. The van der Waals surface area contributed by atoms with Crippen molar-refractivity contribution in [2.45, 2.75) is 39.6 Å². The van der Waals surface area contributed by atoms with Crippen LogP contribution in [0.4, 0.5) is 4.39 Å². The fraction of sp³-hybridized carbons (Fsp3) is 0.314. The Labute approximate surface area is 271 Å². The fourth-order valence-electron chi connectivity index (χ4n) is 6.63. The molecule has 2 atom stereocenters. The van der Waals surface area contributed by atoms with Crippen molar-refractivity contribution < 1.29 is 18.7 Å². The molecule has 11 heteroatoms. The van der Waals surface area contributed by atoms with E-state index in [1.165, 1.54) is 18.7 Å². The average molecular weight is 641 g/mol. The quantitative estimate of drug-likeness (QED) is 0.164. The summed E-state index contributed by atoms with van der Waals surface area (Å²) >= 11 is 5.87. The molecular weight excluding hydrogens is 607 g/mol. The summed E-state index contributed by atoms with van der Waals surface area (Å²) in [6.45, 7) is 6.16. The van der Waals surface area contributed by atoms with Crippen LogP contribution in [0.25, 0.3) is 16.6 Å². The number of imidazole rings is 2. The number of hydrogen-bond acceptors (Lipinski definition) is 7. The van der Waals surface area contributed by atoms with Gasteiger partial charge in [0.2, 0.25) is 5.88 Å². The Morgan fingerprint density at radius 2 is 1.98 bits per heavy atom. The summed E-state index contributed by atoms with van der Waals surface area (Å²) in [5.74, 6) is 1.55. The lowest BCUT2D eigenvalue weighted by Crippen LogP contribution is -2.23. The van der Waals surface area contributed by atoms with Crippen LogP contribution in [-0.2, 0) is 31.0 Å². The smallest absolute Gasteiger partial charge is 0.337 e. The molecule has 0 saturated carbocycles. The van der Waals surface area contributed by atoms with Crippen molar-refractivity contribution in [2.24, 2.45) is 11.8 Å². The van der Waals surface area contributed by atoms with Gasteiger partial charge in [0.05, 0.1) is 54.5 Å². The molecule has 0 bridgehead atoms. The largest absolute Gasteiger partial charge is 0.473 e. The lowest BCUT2D eigenvalue weighted by Gasteiger charge is -2.18. The number of carbonyl (C=O) groups is 1. The molecule has 1 saturated heterocycles. The van der Waals surface area contributed by atoms with Crippen LogP contribution in [0.1, 0.15) is 46.5 Å². The van der Waals surface area contributed by atoms with Crippen molar-refractivity contribution in [3.63, 3.8) is 0 Å². The van der Waals surface area contributed by atoms with Gasteiger partial charge >= 0.3 is 5.97 Å². The maximum atomic E-state index is 14.2. The Morgan fingerprint density at radius 1 is 1.09 bits per heavy atom. The van der Waals surface area contributed by atoms with E-state index in [1.54, 1.807) is 24.3 Å². The zero-order valence-electron chi connectivity index (χ0n) is 25.7. The molecule has 0 radical (unpaired) electrons. The lowest BCUT2D eigenvalue weighted by atomic mass is 9.99. The summed E-state index contributed by atoms with van der Waals surface area (Å²) < 4.78 is 29.3. The Morgan fingerprint density at radius 3 is 2.78 bits per heavy atom. The Hall–Kier alpha value is -4.54. The standard InChI is InChI=1S/C35H34ClFN6O3/c1-3-42-21-38-15-28(42)18-43-32-13-22(35(44)45-2)8-10-31(32)39-33(43)19-41-16-25-11-24(12-26(25)17-41)30-5-4-6-34(40-30)46-20-23-7-9-27(36)14-29(23)37/h4-11,13-15,21,25-26H,3,12,16-20H2,1-2H3. The first kappa shape index (κ1) is 30.1. The van der Waals surface area contributed by atoms with Crippen LogP contribution < -0.4 is 4.74 Å². The summed E-state index contributed by atoms with van der Waals surface area (Å²) in [6, 6.07) is 15.8. The highest BCUT2D eigenvalue weighted by Crippen LogP contribution is 2.41. The number of pyridine rings is 1. The van der Waals surface area contributed by atoms with E-state index in [4.69, 9.17) is 31.0 Å². The molecule has 9 nitrogen and oxygen atoms in total. The number of benzene rings is 2. The summed E-state index contributed by atoms with van der Waals surface area (Å²) in [5, 5.41) is 0.353. The van der Waals surface area contributed by atoms with Crippen LogP contribution in [0.2, 0.25) is 5.02 Å². The van der Waals surface area contributed by atoms with Crippen molar-refractivity contribution >= 4 is 34.2 Å². The topological polar surface area (TPSA) is 87.3 Å². The van der Waals surface area contributed by atoms with Gasteiger partial charge in [0, 0.05) is 42.5 Å². The molecule has 236 valence electrons. The van der Waals surface area contributed by atoms with E-state index >= 15 is 0 Å². The highest BCUT2D eigenvalue weighted by molar-refractivity contribution is 6.30. The first-order valence-electron chi connectivity index (χ1n) is 15.4. The molecule has 1 fully saturated rings. The predicted octanol–water partition coefficient (Wildman–Crippen LogP) is 6.39. The minimum atomic E-state index is -0.395. The van der Waals surface area contributed by atoms with Crippen molar-refractivity contribution in [1.29, 1.82) is 0 Å². The van der Waals surface area contributed by atoms with Crippen LogP contribution >= 0.6 is 11.6 Å². The number of hydrogen-bond donors (Lipinski definition) is 0. The van der Waals surface area contributed by atoms with Crippen LogP contribution in [-0.4, -0.2) is 55.2 Å². The van der Waals surface area contributed by atoms with E-state index in [2.05, 4.69) is 32.0 Å². The number of allylic oxidation sites excluding steroid dienone is 1. The molecule has 4 heterocycles. The summed E-state index contributed by atoms with van der Waals surface area (Å²) in [7, 11) is 1.39. The maximum Gasteiger partial charge on any atom is 0.337 e. The normalized spacial score (nSPS) is 17.8. The fourth-order valence-corrected chi connectivity index (χ4v) is 6.79. The number of likely N-dealkylation sites (tertiary alicyclic amines) is 1. The first-order valence-corrected chi connectivity index (χ1v) is 15.8. The van der Waals surface area contributed by atoms with Crippen molar-refractivity contribution in [3.8, 4) is 5.88 Å². The third-order valence-corrected chi connectivity index (χ3v) is 9.22. The number of nitrogens with zero attached hydrogens (tertiary/aromatic N) is 6. The Kier molecular flexibility index (Phi) is 8.31. The van der Waals surface area contributed by atoms with E-state index in [0.29, 0.717) is 47.0 Å². The van der Waals surface area contributed by atoms with Gasteiger partial charge in [-0.1, -0.05) is 29.8 Å². The van der Waals surface area contributed by atoms with Crippen LogP contribution in [0, 0.1) is 17.7 Å². The Bertz CT molecular complexity index is 1950. The number of fused-ring (bicyclic) bond motifs is 2. The lowest BCUT2D eigenvalue weighted by molar-refractivity contribution is 0.0601. The zero-order chi connectivity index (χ0) is 31.8. The van der Waals surface area contributed by atoms with Crippen LogP contribution in [0.3, 0.4) is 0 Å². The second-order valence-corrected chi connectivity index (χ2v) is 12.3. The third-order valence-electron chi connectivity index (χ3n) is 8.98. The van der Waals surface area contributed by atoms with Gasteiger partial charge in [0.1, 0.15) is 18.2 Å². The van der Waals surface area contributed by atoms with E-state index < -0.39 is 5.82 Å². The molecule has 2 aliphatic rings. The number of rotatable bonds is 10. The number of aryl methyl sites for hydroxylation is 1. The van der Waals surface area contributed by atoms with E-state index in [9.17, 15) is 9.18 Å². The molecule has 3 aromatic heterocycles. The summed E-state index contributed by atoms with van der Waals surface area (Å²) in [6.07, 6.45) is 7.01. The molecule has 2 aromatic carbocycles. The zero-order valence-corrected chi connectivity index (χ0v) is 26.5. The Balaban J connectivity index is 1.07. The highest BCUT2D eigenvalue weighted by Gasteiger charge is 2.37. The number of carbonyl (C=O) groups excluding carboxylic acids is 1. The van der Waals surface area contributed by atoms with E-state index in [1.807, 2.05) is 36.8 Å². The molecule has 0 spiro atoms. The second-order valence-electron chi connectivity index (χ2n) is 11.9. The monoisotopic (exact) mass is 640 g/mol. The molecule has 1 aliphatic carbocycles. The van der Waals surface area contributed by atoms with Gasteiger partial charge in [-0.2, -0.15) is 0 Å². The van der Waals surface area contributed by atoms with Gasteiger partial charge < -0.3 is 18.6 Å². The highest BCUT2D eigenvalue weighted by atomic mass is 35.5. The number of ether oxygens (including phenoxy) is 2. The van der Waals surface area contributed by atoms with Gasteiger partial charge in [-0.3, -0.25) is 4.90 Å². The van der Waals surface area contributed by atoms with Gasteiger partial charge in [0.15, 0.2) is 0 Å². The molecule has 5 aromatic rings. The summed E-state index contributed by atoms with van der Waals surface area (Å²) in [5.41, 5.74) is 5.86. The van der Waals surface area contributed by atoms with E-state index in [-0.39, 0.29) is 12.6 Å². The van der Waals surface area contributed by atoms with Gasteiger partial charge in [-0.05, 0) is 67.2 Å². The van der Waals surface area contributed by atoms with Crippen molar-refractivity contribution in [2.75, 3.05) is 20.2 Å². The maximum absolute atomic E-state index is 14.2. The number of esters is 1. The van der Waals surface area contributed by atoms with Crippen molar-refractivity contribution in [3.05, 3.63) is 112 Å². The van der Waals surface area contributed by atoms with Crippen LogP contribution in [0.15, 0.2) is 73.2 Å². The van der Waals surface area contributed by atoms with Crippen molar-refractivity contribution in [1.82, 2.24) is 29.0 Å². The molecule has 2 unspecified atom stereocenters. The SMILES string of the molecule is CCn1cncc1Cn1c(CN2CC3C=C(c4cccc(OCc5ccc(Cl)cc5F)n4)CC3C2)nc2ccc(C(=O)OC)cc21. The third kappa shape index (κ3) is 6.02. The van der Waals surface area contributed by atoms with Gasteiger partial charge in [-0.25, -0.2) is 24.1 Å². The number of aromatic nitrogens is 5. The average Bonchev–Trinajstić information content (AvgIpc) is 3.84. The number of methoxy groups -OCH3 is 1. The first-order chi connectivity index (χ1) is 22.4. The molecule has 0 N–H and O–H groups in total. The van der Waals surface area contributed by atoms with Crippen LogP contribution in [0.5, 0.6) is 5.88 Å².